The molecule has 10 heteroatoms. The number of hydrogen-bond acceptors (Lipinski definition) is 5. The number of carbonyl (C=O) groups excluding carboxylic acids is 2. The zero-order valence-corrected chi connectivity index (χ0v) is 11.9. The van der Waals surface area contributed by atoms with E-state index < -0.39 is 27.9 Å². The lowest BCUT2D eigenvalue weighted by atomic mass is 10.3. The van der Waals surface area contributed by atoms with Crippen molar-refractivity contribution >= 4 is 27.9 Å². The highest BCUT2D eigenvalue weighted by Crippen LogP contribution is 2.06. The van der Waals surface area contributed by atoms with Gasteiger partial charge in [0.25, 0.3) is 0 Å². The molecule has 9 nitrogen and oxygen atoms in total. The first kappa shape index (κ1) is 16.4. The highest BCUT2D eigenvalue weighted by atomic mass is 32.2. The first-order valence-electron chi connectivity index (χ1n) is 5.96. The second-order valence-corrected chi connectivity index (χ2v) is 6.38. The summed E-state index contributed by atoms with van der Waals surface area (Å²) in [5, 5.41) is 10.5. The number of carbonyl (C=O) groups is 3. The Hall–Kier alpha value is -1.68. The van der Waals surface area contributed by atoms with Crippen molar-refractivity contribution in [2.75, 3.05) is 32.4 Å². The van der Waals surface area contributed by atoms with Crippen LogP contribution in [0.1, 0.15) is 12.8 Å². The largest absolute Gasteiger partial charge is 0.481 e. The number of urea groups is 1. The molecule has 0 atom stereocenters. The van der Waals surface area contributed by atoms with Gasteiger partial charge >= 0.3 is 12.0 Å². The van der Waals surface area contributed by atoms with Gasteiger partial charge < -0.3 is 10.0 Å². The third-order valence-electron chi connectivity index (χ3n) is 2.81. The molecular formula is C10H17N3O6S. The van der Waals surface area contributed by atoms with Crippen molar-refractivity contribution in [1.29, 1.82) is 0 Å². The van der Waals surface area contributed by atoms with Crippen molar-refractivity contribution in [3.05, 3.63) is 0 Å². The predicted octanol–water partition coefficient (Wildman–Crippen LogP) is -1.34. The summed E-state index contributed by atoms with van der Waals surface area (Å²) in [7, 11) is -3.27. The van der Waals surface area contributed by atoms with Crippen LogP contribution < -0.4 is 5.32 Å². The number of rotatable bonds is 4. The summed E-state index contributed by atoms with van der Waals surface area (Å²) in [5.74, 6) is -1.78. The number of piperazine rings is 1. The normalized spacial score (nSPS) is 16.8. The number of amides is 3. The van der Waals surface area contributed by atoms with E-state index in [1.165, 1.54) is 9.21 Å². The number of sulfonamides is 1. The van der Waals surface area contributed by atoms with Crippen LogP contribution in [0, 0.1) is 0 Å². The Morgan fingerprint density at radius 2 is 1.65 bits per heavy atom. The lowest BCUT2D eigenvalue weighted by Crippen LogP contribution is -2.53. The molecule has 1 rings (SSSR count). The van der Waals surface area contributed by atoms with E-state index in [1.807, 2.05) is 0 Å². The smallest absolute Gasteiger partial charge is 0.324 e. The first-order valence-corrected chi connectivity index (χ1v) is 7.80. The van der Waals surface area contributed by atoms with E-state index in [1.54, 1.807) is 0 Å². The Balaban J connectivity index is 2.39. The number of nitrogens with zero attached hydrogens (tertiary/aromatic N) is 2. The molecule has 0 aromatic carbocycles. The van der Waals surface area contributed by atoms with Crippen LogP contribution in [0.5, 0.6) is 0 Å². The molecule has 0 aromatic rings. The minimum Gasteiger partial charge on any atom is -0.481 e. The summed E-state index contributed by atoms with van der Waals surface area (Å²) < 4.78 is 23.8. The van der Waals surface area contributed by atoms with E-state index in [-0.39, 0.29) is 39.0 Å². The third kappa shape index (κ3) is 5.13. The molecule has 3 amide bonds. The molecular weight excluding hydrogens is 290 g/mol. The Morgan fingerprint density at radius 3 is 2.10 bits per heavy atom. The van der Waals surface area contributed by atoms with E-state index in [0.717, 1.165) is 6.26 Å². The van der Waals surface area contributed by atoms with Crippen molar-refractivity contribution in [1.82, 2.24) is 14.5 Å². The molecule has 20 heavy (non-hydrogen) atoms. The zero-order chi connectivity index (χ0) is 15.3. The SMILES string of the molecule is CS(=O)(=O)N1CCN(C(=O)NC(=O)CCC(=O)O)CC1. The number of carboxylic acid groups (broad SMARTS) is 1. The highest BCUT2D eigenvalue weighted by Gasteiger charge is 2.26. The summed E-state index contributed by atoms with van der Waals surface area (Å²) in [5.41, 5.74) is 0. The number of nitrogens with one attached hydrogen (secondary N) is 1. The number of imide groups is 1. The van der Waals surface area contributed by atoms with Gasteiger partial charge in [-0.2, -0.15) is 4.31 Å². The topological polar surface area (TPSA) is 124 Å². The predicted molar refractivity (Wildman–Crippen MR) is 68.4 cm³/mol. The average Bonchev–Trinajstić information content (AvgIpc) is 2.35. The number of carboxylic acids is 1. The minimum absolute atomic E-state index is 0.176. The van der Waals surface area contributed by atoms with Crippen LogP contribution in [-0.4, -0.2) is 73.1 Å². The van der Waals surface area contributed by atoms with Gasteiger partial charge in [-0.3, -0.25) is 14.9 Å². The van der Waals surface area contributed by atoms with Crippen LogP contribution in [0.4, 0.5) is 4.79 Å². The quantitative estimate of drug-likeness (QED) is 0.663. The fourth-order valence-electron chi connectivity index (χ4n) is 1.70. The lowest BCUT2D eigenvalue weighted by Gasteiger charge is -2.32. The van der Waals surface area contributed by atoms with E-state index >= 15 is 0 Å². The Bertz CT molecular complexity index is 495. The maximum absolute atomic E-state index is 11.7. The van der Waals surface area contributed by atoms with Gasteiger partial charge in [0.1, 0.15) is 0 Å². The molecule has 1 saturated heterocycles. The first-order chi connectivity index (χ1) is 9.20. The zero-order valence-electron chi connectivity index (χ0n) is 11.0. The van der Waals surface area contributed by atoms with Crippen molar-refractivity contribution in [2.24, 2.45) is 0 Å². The van der Waals surface area contributed by atoms with Gasteiger partial charge in [-0.25, -0.2) is 13.2 Å². The molecule has 1 aliphatic heterocycles. The van der Waals surface area contributed by atoms with E-state index in [4.69, 9.17) is 5.11 Å². The fraction of sp³-hybridized carbons (Fsp3) is 0.700. The summed E-state index contributed by atoms with van der Waals surface area (Å²) in [6.07, 6.45) is 0.476. The van der Waals surface area contributed by atoms with Crippen LogP contribution in [0.25, 0.3) is 0 Å². The Labute approximate surface area is 116 Å². The summed E-state index contributed by atoms with van der Waals surface area (Å²) >= 11 is 0. The average molecular weight is 307 g/mol. The molecule has 0 spiro atoms. The van der Waals surface area contributed by atoms with Gasteiger partial charge in [0.05, 0.1) is 12.7 Å². The highest BCUT2D eigenvalue weighted by molar-refractivity contribution is 7.88. The fourth-order valence-corrected chi connectivity index (χ4v) is 2.53. The van der Waals surface area contributed by atoms with Crippen LogP contribution in [-0.2, 0) is 19.6 Å². The minimum atomic E-state index is -3.27. The molecule has 1 heterocycles. The molecule has 0 aliphatic carbocycles. The van der Waals surface area contributed by atoms with Crippen molar-refractivity contribution < 1.29 is 27.9 Å². The van der Waals surface area contributed by atoms with Crippen LogP contribution in [0.2, 0.25) is 0 Å². The number of hydrogen-bond donors (Lipinski definition) is 2. The van der Waals surface area contributed by atoms with Gasteiger partial charge in [-0.1, -0.05) is 0 Å². The van der Waals surface area contributed by atoms with Gasteiger partial charge in [-0.15, -0.1) is 0 Å². The summed E-state index contributed by atoms with van der Waals surface area (Å²) in [6.45, 7) is 0.724. The lowest BCUT2D eigenvalue weighted by molar-refractivity contribution is -0.138. The second-order valence-electron chi connectivity index (χ2n) is 4.40. The van der Waals surface area contributed by atoms with E-state index in [2.05, 4.69) is 5.32 Å². The Kier molecular flexibility index (Phi) is 5.45. The van der Waals surface area contributed by atoms with Gasteiger partial charge in [0.2, 0.25) is 15.9 Å². The van der Waals surface area contributed by atoms with Crippen molar-refractivity contribution in [2.45, 2.75) is 12.8 Å². The second kappa shape index (κ2) is 6.66. The monoisotopic (exact) mass is 307 g/mol. The maximum Gasteiger partial charge on any atom is 0.324 e. The van der Waals surface area contributed by atoms with Gasteiger partial charge in [0.15, 0.2) is 0 Å². The van der Waals surface area contributed by atoms with Crippen LogP contribution >= 0.6 is 0 Å². The molecule has 0 saturated carbocycles. The van der Waals surface area contributed by atoms with Crippen LogP contribution in [0.15, 0.2) is 0 Å². The summed E-state index contributed by atoms with van der Waals surface area (Å²) in [4.78, 5) is 34.6. The van der Waals surface area contributed by atoms with E-state index in [9.17, 15) is 22.8 Å². The molecule has 1 aliphatic rings. The molecule has 2 N–H and O–H groups in total. The van der Waals surface area contributed by atoms with Gasteiger partial charge in [0, 0.05) is 32.6 Å². The molecule has 0 unspecified atom stereocenters. The Morgan fingerprint density at radius 1 is 1.10 bits per heavy atom. The maximum atomic E-state index is 11.7. The molecule has 0 radical (unpaired) electrons. The van der Waals surface area contributed by atoms with E-state index in [0.29, 0.717) is 0 Å². The van der Waals surface area contributed by atoms with Crippen molar-refractivity contribution in [3.8, 4) is 0 Å². The van der Waals surface area contributed by atoms with Crippen molar-refractivity contribution in [3.63, 3.8) is 0 Å². The third-order valence-corrected chi connectivity index (χ3v) is 4.11. The standard InChI is InChI=1S/C10H17N3O6S/c1-20(18,19)13-6-4-12(5-7-13)10(17)11-8(14)2-3-9(15)16/h2-7H2,1H3,(H,15,16)(H,11,14,17). The number of aliphatic carboxylic acids is 1. The summed E-state index contributed by atoms with van der Waals surface area (Å²) in [6, 6.07) is -0.631. The van der Waals surface area contributed by atoms with Crippen LogP contribution in [0.3, 0.4) is 0 Å². The molecule has 0 bridgehead atoms. The molecule has 114 valence electrons. The molecule has 0 aromatic heterocycles. The van der Waals surface area contributed by atoms with Gasteiger partial charge in [-0.05, 0) is 0 Å². The molecule has 1 fully saturated rings.